The number of anilines is 3. The molecule has 2 aromatic heterocycles. The minimum absolute atomic E-state index is 0.273. The van der Waals surface area contributed by atoms with Crippen LogP contribution in [0.4, 0.5) is 21.8 Å². The highest BCUT2D eigenvalue weighted by atomic mass is 35.5. The first-order valence-electron chi connectivity index (χ1n) is 6.34. The lowest BCUT2D eigenvalue weighted by Gasteiger charge is -2.10. The van der Waals surface area contributed by atoms with Crippen LogP contribution in [-0.4, -0.2) is 26.7 Å². The van der Waals surface area contributed by atoms with Crippen LogP contribution >= 0.6 is 11.6 Å². The smallest absolute Gasteiger partial charge is 0.226 e. The van der Waals surface area contributed by atoms with E-state index in [1.165, 1.54) is 12.1 Å². The quantitative estimate of drug-likeness (QED) is 0.689. The third-order valence-corrected chi connectivity index (χ3v) is 3.14. The van der Waals surface area contributed by atoms with Crippen LogP contribution < -0.4 is 10.6 Å². The SMILES string of the molecule is CCNc1nc(Nc2ccc(F)cc2Cl)c2cn[nH]c2n1. The zero-order valence-electron chi connectivity index (χ0n) is 11.1. The molecule has 8 heteroatoms. The number of benzene rings is 1. The van der Waals surface area contributed by atoms with E-state index in [0.717, 1.165) is 5.39 Å². The number of rotatable bonds is 4. The molecule has 2 heterocycles. The fourth-order valence-corrected chi connectivity index (χ4v) is 2.10. The third kappa shape index (κ3) is 2.73. The average molecular weight is 307 g/mol. The second kappa shape index (κ2) is 5.53. The lowest BCUT2D eigenvalue weighted by Crippen LogP contribution is -2.05. The van der Waals surface area contributed by atoms with E-state index >= 15 is 0 Å². The number of nitrogens with one attached hydrogen (secondary N) is 3. The Morgan fingerprint density at radius 1 is 1.33 bits per heavy atom. The largest absolute Gasteiger partial charge is 0.354 e. The van der Waals surface area contributed by atoms with Crippen LogP contribution in [0.1, 0.15) is 6.92 Å². The van der Waals surface area contributed by atoms with Crippen molar-refractivity contribution in [1.29, 1.82) is 0 Å². The minimum atomic E-state index is -0.393. The van der Waals surface area contributed by atoms with Crippen LogP contribution in [0.2, 0.25) is 5.02 Å². The van der Waals surface area contributed by atoms with Crippen LogP contribution in [0.15, 0.2) is 24.4 Å². The zero-order chi connectivity index (χ0) is 14.8. The topological polar surface area (TPSA) is 78.5 Å². The number of aromatic amines is 1. The average Bonchev–Trinajstić information content (AvgIpc) is 2.91. The van der Waals surface area contributed by atoms with E-state index in [1.54, 1.807) is 12.3 Å². The van der Waals surface area contributed by atoms with E-state index < -0.39 is 5.82 Å². The van der Waals surface area contributed by atoms with Crippen LogP contribution in [0.3, 0.4) is 0 Å². The van der Waals surface area contributed by atoms with Gasteiger partial charge in [-0.1, -0.05) is 11.6 Å². The molecule has 1 aromatic carbocycles. The van der Waals surface area contributed by atoms with Crippen molar-refractivity contribution in [1.82, 2.24) is 20.2 Å². The minimum Gasteiger partial charge on any atom is -0.354 e. The first-order valence-corrected chi connectivity index (χ1v) is 6.72. The molecule has 108 valence electrons. The standard InChI is InChI=1S/C13H12ClFN6/c1-2-16-13-19-11(8-6-17-21-12(8)20-13)18-10-4-3-7(15)5-9(10)14/h3-6H,2H2,1H3,(H3,16,17,18,19,20,21). The number of hydrogen-bond acceptors (Lipinski definition) is 5. The van der Waals surface area contributed by atoms with Gasteiger partial charge < -0.3 is 10.6 Å². The van der Waals surface area contributed by atoms with Crippen LogP contribution in [-0.2, 0) is 0 Å². The fraction of sp³-hybridized carbons (Fsp3) is 0.154. The first kappa shape index (κ1) is 13.6. The van der Waals surface area contributed by atoms with Crippen LogP contribution in [0.5, 0.6) is 0 Å². The summed E-state index contributed by atoms with van der Waals surface area (Å²) in [5.41, 5.74) is 1.16. The summed E-state index contributed by atoms with van der Waals surface area (Å²) in [7, 11) is 0. The second-order valence-electron chi connectivity index (χ2n) is 4.31. The Morgan fingerprint density at radius 3 is 2.95 bits per heavy atom. The third-order valence-electron chi connectivity index (χ3n) is 2.83. The van der Waals surface area contributed by atoms with Gasteiger partial charge in [-0.2, -0.15) is 15.1 Å². The summed E-state index contributed by atoms with van der Waals surface area (Å²) in [6, 6.07) is 4.12. The Hall–Kier alpha value is -2.41. The Bertz CT molecular complexity index is 787. The highest BCUT2D eigenvalue weighted by molar-refractivity contribution is 6.33. The number of nitrogens with zero attached hydrogens (tertiary/aromatic N) is 3. The van der Waals surface area contributed by atoms with Crippen LogP contribution in [0, 0.1) is 5.82 Å². The molecule has 0 fully saturated rings. The Morgan fingerprint density at radius 2 is 2.19 bits per heavy atom. The molecular weight excluding hydrogens is 295 g/mol. The van der Waals surface area contributed by atoms with Crippen molar-refractivity contribution in [3.05, 3.63) is 35.2 Å². The molecule has 0 saturated heterocycles. The van der Waals surface area contributed by atoms with E-state index in [-0.39, 0.29) is 5.02 Å². The van der Waals surface area contributed by atoms with E-state index in [0.29, 0.717) is 29.6 Å². The molecule has 3 N–H and O–H groups in total. The Labute approximate surface area is 124 Å². The van der Waals surface area contributed by atoms with Crippen molar-refractivity contribution in [3.63, 3.8) is 0 Å². The summed E-state index contributed by atoms with van der Waals surface area (Å²) in [6.07, 6.45) is 1.62. The number of hydrogen-bond donors (Lipinski definition) is 3. The van der Waals surface area contributed by atoms with Gasteiger partial charge in [0.1, 0.15) is 11.6 Å². The van der Waals surface area contributed by atoms with Crippen LogP contribution in [0.25, 0.3) is 11.0 Å². The van der Waals surface area contributed by atoms with Gasteiger partial charge in [0.2, 0.25) is 5.95 Å². The monoisotopic (exact) mass is 306 g/mol. The van der Waals surface area contributed by atoms with Crippen molar-refractivity contribution < 1.29 is 4.39 Å². The predicted molar refractivity (Wildman–Crippen MR) is 80.5 cm³/mol. The van der Waals surface area contributed by atoms with Gasteiger partial charge >= 0.3 is 0 Å². The molecule has 0 aliphatic carbocycles. The van der Waals surface area contributed by atoms with E-state index in [9.17, 15) is 4.39 Å². The maximum absolute atomic E-state index is 13.1. The second-order valence-corrected chi connectivity index (χ2v) is 4.71. The molecule has 0 unspecified atom stereocenters. The summed E-state index contributed by atoms with van der Waals surface area (Å²) in [5.74, 6) is 0.614. The van der Waals surface area contributed by atoms with E-state index in [4.69, 9.17) is 11.6 Å². The zero-order valence-corrected chi connectivity index (χ0v) is 11.9. The predicted octanol–water partition coefficient (Wildman–Crippen LogP) is 3.32. The molecule has 0 radical (unpaired) electrons. The summed E-state index contributed by atoms with van der Waals surface area (Å²) < 4.78 is 13.1. The highest BCUT2D eigenvalue weighted by Crippen LogP contribution is 2.28. The molecule has 3 aromatic rings. The molecule has 0 aliphatic rings. The number of halogens is 2. The molecule has 0 spiro atoms. The molecule has 0 amide bonds. The molecule has 0 atom stereocenters. The number of aromatic nitrogens is 4. The highest BCUT2D eigenvalue weighted by Gasteiger charge is 2.11. The first-order chi connectivity index (χ1) is 10.2. The normalized spacial score (nSPS) is 10.8. The summed E-state index contributed by atoms with van der Waals surface area (Å²) in [5, 5.41) is 13.9. The molecule has 0 saturated carbocycles. The Kier molecular flexibility index (Phi) is 3.57. The van der Waals surface area contributed by atoms with E-state index in [2.05, 4.69) is 30.8 Å². The van der Waals surface area contributed by atoms with Crippen molar-refractivity contribution in [2.24, 2.45) is 0 Å². The molecule has 0 bridgehead atoms. The summed E-state index contributed by atoms with van der Waals surface area (Å²) in [6.45, 7) is 2.64. The van der Waals surface area contributed by atoms with Crippen molar-refractivity contribution >= 4 is 40.1 Å². The lowest BCUT2D eigenvalue weighted by atomic mass is 10.3. The van der Waals surface area contributed by atoms with Gasteiger partial charge in [-0.25, -0.2) is 4.39 Å². The Balaban J connectivity index is 2.04. The summed E-state index contributed by atoms with van der Waals surface area (Å²) >= 11 is 6.02. The van der Waals surface area contributed by atoms with Crippen molar-refractivity contribution in [3.8, 4) is 0 Å². The van der Waals surface area contributed by atoms with Gasteiger partial charge in [0.25, 0.3) is 0 Å². The maximum Gasteiger partial charge on any atom is 0.226 e. The molecule has 0 aliphatic heterocycles. The fourth-order valence-electron chi connectivity index (χ4n) is 1.89. The number of fused-ring (bicyclic) bond motifs is 1. The van der Waals surface area contributed by atoms with Crippen molar-refractivity contribution in [2.75, 3.05) is 17.2 Å². The van der Waals surface area contributed by atoms with Gasteiger partial charge in [0, 0.05) is 6.54 Å². The van der Waals surface area contributed by atoms with Gasteiger partial charge in [0.05, 0.1) is 22.3 Å². The molecule has 3 rings (SSSR count). The molecule has 21 heavy (non-hydrogen) atoms. The van der Waals surface area contributed by atoms with Gasteiger partial charge in [-0.15, -0.1) is 0 Å². The van der Waals surface area contributed by atoms with Gasteiger partial charge in [-0.3, -0.25) is 5.10 Å². The van der Waals surface area contributed by atoms with Gasteiger partial charge in [0.15, 0.2) is 5.65 Å². The van der Waals surface area contributed by atoms with Gasteiger partial charge in [-0.05, 0) is 25.1 Å². The maximum atomic E-state index is 13.1. The summed E-state index contributed by atoms with van der Waals surface area (Å²) in [4.78, 5) is 8.67. The molecule has 6 nitrogen and oxygen atoms in total. The number of H-pyrrole nitrogens is 1. The van der Waals surface area contributed by atoms with Crippen molar-refractivity contribution in [2.45, 2.75) is 6.92 Å². The molecular formula is C13H12ClFN6. The van der Waals surface area contributed by atoms with E-state index in [1.807, 2.05) is 6.92 Å². The lowest BCUT2D eigenvalue weighted by molar-refractivity contribution is 0.628.